The van der Waals surface area contributed by atoms with Gasteiger partial charge < -0.3 is 10.8 Å². The van der Waals surface area contributed by atoms with Crippen LogP contribution in [-0.4, -0.2) is 19.3 Å². The van der Waals surface area contributed by atoms with Gasteiger partial charge in [-0.05, 0) is 31.4 Å². The summed E-state index contributed by atoms with van der Waals surface area (Å²) in [7, 11) is 2.50. The second-order valence-corrected chi connectivity index (χ2v) is 3.42. The lowest BCUT2D eigenvalue weighted by Gasteiger charge is -2.03. The molecule has 0 saturated carbocycles. The van der Waals surface area contributed by atoms with Gasteiger partial charge in [-0.1, -0.05) is 44.2 Å². The van der Waals surface area contributed by atoms with Crippen molar-refractivity contribution in [3.63, 3.8) is 0 Å². The Morgan fingerprint density at radius 2 is 1.53 bits per heavy atom. The molecule has 0 bridgehead atoms. The van der Waals surface area contributed by atoms with Crippen LogP contribution in [0.3, 0.4) is 0 Å². The van der Waals surface area contributed by atoms with E-state index in [1.807, 2.05) is 0 Å². The molecule has 0 aliphatic carbocycles. The minimum Gasteiger partial charge on any atom is -0.400 e. The average Bonchev–Trinajstić information content (AvgIpc) is 2.33. The van der Waals surface area contributed by atoms with Crippen LogP contribution in [0.15, 0.2) is 30.3 Å². The highest BCUT2D eigenvalue weighted by Gasteiger charge is 1.94. The van der Waals surface area contributed by atoms with Crippen LogP contribution in [0.25, 0.3) is 0 Å². The van der Waals surface area contributed by atoms with Gasteiger partial charge in [0.2, 0.25) is 0 Å². The summed E-state index contributed by atoms with van der Waals surface area (Å²) in [6.45, 7) is 4.53. The van der Waals surface area contributed by atoms with Crippen LogP contribution < -0.4 is 5.73 Å². The molecule has 0 amide bonds. The van der Waals surface area contributed by atoms with Crippen molar-refractivity contribution in [2.24, 2.45) is 11.7 Å². The average molecular weight is 211 g/mol. The number of hydrogen-bond donors (Lipinski definition) is 2. The van der Waals surface area contributed by atoms with Gasteiger partial charge in [0.05, 0.1) is 0 Å². The minimum atomic E-state index is 0.815. The molecule has 1 rings (SSSR count). The first kappa shape index (κ1) is 16.6. The largest absolute Gasteiger partial charge is 0.400 e. The van der Waals surface area contributed by atoms with Gasteiger partial charge in [-0.2, -0.15) is 0 Å². The Bertz CT molecular complexity index is 197. The van der Waals surface area contributed by atoms with Crippen LogP contribution >= 0.6 is 0 Å². The zero-order chi connectivity index (χ0) is 12.1. The zero-order valence-electron chi connectivity index (χ0n) is 10.4. The topological polar surface area (TPSA) is 46.2 Å². The SMILES string of the molecule is CC(C)CCc1ccccc1.CN.CO. The lowest BCUT2D eigenvalue weighted by molar-refractivity contribution is 0.399. The highest BCUT2D eigenvalue weighted by molar-refractivity contribution is 5.14. The molecule has 0 heterocycles. The number of aliphatic hydroxyl groups excluding tert-OH is 1. The summed E-state index contributed by atoms with van der Waals surface area (Å²) in [5, 5.41) is 7.00. The van der Waals surface area contributed by atoms with E-state index in [9.17, 15) is 0 Å². The molecule has 0 aromatic heterocycles. The predicted molar refractivity (Wildman–Crippen MR) is 67.9 cm³/mol. The summed E-state index contributed by atoms with van der Waals surface area (Å²) in [6, 6.07) is 10.7. The van der Waals surface area contributed by atoms with Gasteiger partial charge in [-0.25, -0.2) is 0 Å². The molecule has 1 aromatic rings. The highest BCUT2D eigenvalue weighted by Crippen LogP contribution is 2.07. The van der Waals surface area contributed by atoms with Crippen molar-refractivity contribution in [2.75, 3.05) is 14.2 Å². The summed E-state index contributed by atoms with van der Waals surface area (Å²) in [4.78, 5) is 0. The van der Waals surface area contributed by atoms with E-state index in [1.54, 1.807) is 0 Å². The van der Waals surface area contributed by atoms with E-state index in [1.165, 1.54) is 25.5 Å². The highest BCUT2D eigenvalue weighted by atomic mass is 16.2. The van der Waals surface area contributed by atoms with Gasteiger partial charge in [0.15, 0.2) is 0 Å². The summed E-state index contributed by atoms with van der Waals surface area (Å²) >= 11 is 0. The standard InChI is InChI=1S/C11H16.CH5N.CH4O/c1-10(2)8-9-11-6-4-3-5-7-11;2*1-2/h3-7,10H,8-9H2,1-2H3;2H2,1H3;2H,1H3. The second-order valence-electron chi connectivity index (χ2n) is 3.42. The van der Waals surface area contributed by atoms with E-state index >= 15 is 0 Å². The van der Waals surface area contributed by atoms with E-state index in [4.69, 9.17) is 5.11 Å². The van der Waals surface area contributed by atoms with Crippen LogP contribution in [0.5, 0.6) is 0 Å². The fourth-order valence-corrected chi connectivity index (χ4v) is 1.10. The Morgan fingerprint density at radius 1 is 1.07 bits per heavy atom. The molecule has 2 nitrogen and oxygen atoms in total. The van der Waals surface area contributed by atoms with Crippen molar-refractivity contribution in [3.8, 4) is 0 Å². The van der Waals surface area contributed by atoms with Crippen LogP contribution in [0.1, 0.15) is 25.8 Å². The Labute approximate surface area is 94.1 Å². The molecule has 2 heteroatoms. The molecule has 88 valence electrons. The van der Waals surface area contributed by atoms with Gasteiger partial charge in [0.1, 0.15) is 0 Å². The molecule has 0 spiro atoms. The summed E-state index contributed by atoms with van der Waals surface area (Å²) in [5.74, 6) is 0.815. The van der Waals surface area contributed by atoms with Crippen molar-refractivity contribution in [3.05, 3.63) is 35.9 Å². The number of nitrogens with two attached hydrogens (primary N) is 1. The van der Waals surface area contributed by atoms with Crippen LogP contribution in [-0.2, 0) is 6.42 Å². The van der Waals surface area contributed by atoms with Gasteiger partial charge in [-0.3, -0.25) is 0 Å². The first-order valence-corrected chi connectivity index (χ1v) is 5.35. The smallest absolute Gasteiger partial charge is 0.0319 e. The first-order valence-electron chi connectivity index (χ1n) is 5.35. The summed E-state index contributed by atoms with van der Waals surface area (Å²) in [5.41, 5.74) is 5.96. The van der Waals surface area contributed by atoms with E-state index in [0.29, 0.717) is 0 Å². The van der Waals surface area contributed by atoms with Gasteiger partial charge in [-0.15, -0.1) is 0 Å². The Morgan fingerprint density at radius 3 is 1.93 bits per heavy atom. The van der Waals surface area contributed by atoms with Crippen LogP contribution in [0.2, 0.25) is 0 Å². The van der Waals surface area contributed by atoms with E-state index in [0.717, 1.165) is 13.0 Å². The molecular formula is C13H25NO. The van der Waals surface area contributed by atoms with E-state index < -0.39 is 0 Å². The Hall–Kier alpha value is -0.860. The normalized spacial score (nSPS) is 8.47. The lowest BCUT2D eigenvalue weighted by atomic mass is 10.0. The first-order chi connectivity index (χ1) is 7.29. The molecule has 0 atom stereocenters. The van der Waals surface area contributed by atoms with Crippen molar-refractivity contribution >= 4 is 0 Å². The zero-order valence-corrected chi connectivity index (χ0v) is 10.4. The van der Waals surface area contributed by atoms with E-state index in [-0.39, 0.29) is 0 Å². The number of rotatable bonds is 3. The van der Waals surface area contributed by atoms with Gasteiger partial charge >= 0.3 is 0 Å². The third kappa shape index (κ3) is 11.1. The fourth-order valence-electron chi connectivity index (χ4n) is 1.10. The van der Waals surface area contributed by atoms with E-state index in [2.05, 4.69) is 49.9 Å². The number of benzene rings is 1. The van der Waals surface area contributed by atoms with Crippen LogP contribution in [0, 0.1) is 5.92 Å². The molecular weight excluding hydrogens is 186 g/mol. The summed E-state index contributed by atoms with van der Waals surface area (Å²) in [6.07, 6.45) is 2.52. The van der Waals surface area contributed by atoms with Crippen LogP contribution in [0.4, 0.5) is 0 Å². The number of aliphatic hydroxyl groups is 1. The molecule has 0 unspecified atom stereocenters. The monoisotopic (exact) mass is 211 g/mol. The third-order valence-electron chi connectivity index (χ3n) is 1.85. The minimum absolute atomic E-state index is 0.815. The predicted octanol–water partition coefficient (Wildman–Crippen LogP) is 2.46. The van der Waals surface area contributed by atoms with Gasteiger partial charge in [0.25, 0.3) is 0 Å². The second kappa shape index (κ2) is 13.1. The molecule has 0 fully saturated rings. The van der Waals surface area contributed by atoms with Gasteiger partial charge in [0, 0.05) is 7.11 Å². The molecule has 3 N–H and O–H groups in total. The lowest BCUT2D eigenvalue weighted by Crippen LogP contribution is -1.91. The maximum absolute atomic E-state index is 7.00. The molecule has 1 aromatic carbocycles. The van der Waals surface area contributed by atoms with Crippen molar-refractivity contribution in [2.45, 2.75) is 26.7 Å². The third-order valence-corrected chi connectivity index (χ3v) is 1.85. The molecule has 0 saturated heterocycles. The Balaban J connectivity index is 0. The molecule has 0 radical (unpaired) electrons. The molecule has 0 aliphatic rings. The number of aryl methyl sites for hydroxylation is 1. The quantitative estimate of drug-likeness (QED) is 0.806. The molecule has 0 aliphatic heterocycles. The maximum Gasteiger partial charge on any atom is 0.0319 e. The van der Waals surface area contributed by atoms with Crippen molar-refractivity contribution in [1.82, 2.24) is 0 Å². The Kier molecular flexibility index (Phi) is 14.5. The fraction of sp³-hybridized carbons (Fsp3) is 0.538. The molecule has 15 heavy (non-hydrogen) atoms. The number of hydrogen-bond acceptors (Lipinski definition) is 2. The summed E-state index contributed by atoms with van der Waals surface area (Å²) < 4.78 is 0. The maximum atomic E-state index is 7.00. The van der Waals surface area contributed by atoms with Crippen molar-refractivity contribution in [1.29, 1.82) is 0 Å². The van der Waals surface area contributed by atoms with Crippen molar-refractivity contribution < 1.29 is 5.11 Å².